The third kappa shape index (κ3) is 10.1. The summed E-state index contributed by atoms with van der Waals surface area (Å²) in [5, 5.41) is 8.06. The quantitative estimate of drug-likeness (QED) is 0.681. The van der Waals surface area contributed by atoms with E-state index in [0.717, 1.165) is 0 Å². The first-order valence-corrected chi connectivity index (χ1v) is 5.97. The molecule has 0 fully saturated rings. The van der Waals surface area contributed by atoms with Crippen LogP contribution in [-0.4, -0.2) is 41.3 Å². The average molecular weight is 196 g/mol. The molecule has 0 saturated carbocycles. The average Bonchev–Trinajstić information content (AvgIpc) is 2.02. The van der Waals surface area contributed by atoms with Gasteiger partial charge in [-0.05, 0) is 13.8 Å². The lowest BCUT2D eigenvalue weighted by molar-refractivity contribution is 0.132. The summed E-state index contributed by atoms with van der Waals surface area (Å²) in [7, 11) is 2.58. The highest BCUT2D eigenvalue weighted by Gasteiger charge is 2.29. The van der Waals surface area contributed by atoms with Gasteiger partial charge in [0.15, 0.2) is 0 Å². The zero-order chi connectivity index (χ0) is 10.2. The highest BCUT2D eigenvalue weighted by atomic mass is 28.4. The smallest absolute Gasteiger partial charge is 0.394 e. The van der Waals surface area contributed by atoms with E-state index in [9.17, 15) is 0 Å². The second kappa shape index (κ2) is 7.69. The second-order valence-corrected chi connectivity index (χ2v) is 5.52. The van der Waals surface area contributed by atoms with Crippen LogP contribution in [0.3, 0.4) is 0 Å². The molecule has 12 heavy (non-hydrogen) atoms. The van der Waals surface area contributed by atoms with Crippen molar-refractivity contribution in [1.29, 1.82) is 0 Å². The lowest BCUT2D eigenvalue weighted by Crippen LogP contribution is -2.38. The number of hydrogen-bond acceptors (Lipinski definition) is 4. The lowest BCUT2D eigenvalue weighted by Gasteiger charge is -2.18. The van der Waals surface area contributed by atoms with Gasteiger partial charge in [-0.1, -0.05) is 0 Å². The third-order valence-corrected chi connectivity index (χ3v) is 3.34. The summed E-state index contributed by atoms with van der Waals surface area (Å²) in [6.07, 6.45) is -0.167. The maximum atomic E-state index is 8.06. The second-order valence-electron chi connectivity index (χ2n) is 2.57. The molecule has 0 radical (unpaired) electrons. The maximum Gasteiger partial charge on any atom is 0.496 e. The Morgan fingerprint density at radius 3 is 1.17 bits per heavy atom. The van der Waals surface area contributed by atoms with Gasteiger partial charge < -0.3 is 18.4 Å². The topological polar surface area (TPSA) is 47.9 Å². The molecule has 4 nitrogen and oxygen atoms in total. The van der Waals surface area contributed by atoms with Gasteiger partial charge >= 0.3 is 8.80 Å². The van der Waals surface area contributed by atoms with Crippen LogP contribution in [0.4, 0.5) is 0 Å². The molecule has 0 saturated heterocycles. The minimum atomic E-state index is -2.17. The van der Waals surface area contributed by atoms with Crippen molar-refractivity contribution in [2.75, 3.05) is 21.3 Å². The van der Waals surface area contributed by atoms with Gasteiger partial charge in [0.25, 0.3) is 0 Å². The molecule has 0 aromatic heterocycles. The molecule has 0 aromatic carbocycles. The minimum Gasteiger partial charge on any atom is -0.394 e. The van der Waals surface area contributed by atoms with Gasteiger partial charge in [-0.2, -0.15) is 0 Å². The van der Waals surface area contributed by atoms with Crippen LogP contribution in [0.25, 0.3) is 0 Å². The van der Waals surface area contributed by atoms with Gasteiger partial charge in [0, 0.05) is 34.0 Å². The summed E-state index contributed by atoms with van der Waals surface area (Å²) in [5.41, 5.74) is 0. The molecule has 0 rings (SSSR count). The molecule has 0 heterocycles. The molecular formula is C7H20O4Si. The van der Waals surface area contributed by atoms with Crippen LogP contribution in [0, 0.1) is 0 Å². The first-order valence-electron chi connectivity index (χ1n) is 3.75. The predicted molar refractivity (Wildman–Crippen MR) is 50.0 cm³/mol. The van der Waals surface area contributed by atoms with E-state index in [4.69, 9.17) is 18.4 Å². The van der Waals surface area contributed by atoms with Crippen LogP contribution < -0.4 is 0 Å². The summed E-state index contributed by atoms with van der Waals surface area (Å²) < 4.78 is 14.8. The standard InChI is InChI=1S/C4H12O3Si.C3H8O/c1-5-8(4,6-2)7-3;1-3(2)4/h1-4H3;3-4H,1-2H3. The first-order chi connectivity index (χ1) is 5.41. The molecule has 0 unspecified atom stereocenters. The monoisotopic (exact) mass is 196 g/mol. The van der Waals surface area contributed by atoms with Crippen molar-refractivity contribution in [3.63, 3.8) is 0 Å². The first kappa shape index (κ1) is 14.6. The lowest BCUT2D eigenvalue weighted by atomic mass is 10.5. The number of hydrogen-bond donors (Lipinski definition) is 1. The van der Waals surface area contributed by atoms with Crippen molar-refractivity contribution in [2.45, 2.75) is 26.5 Å². The van der Waals surface area contributed by atoms with E-state index in [0.29, 0.717) is 0 Å². The molecule has 0 aliphatic rings. The Morgan fingerprint density at radius 1 is 1.00 bits per heavy atom. The van der Waals surface area contributed by atoms with Crippen LogP contribution >= 0.6 is 0 Å². The normalized spacial score (nSPS) is 11.0. The van der Waals surface area contributed by atoms with Crippen LogP contribution in [-0.2, 0) is 13.3 Å². The SMILES string of the molecule is CC(C)O.CO[Si](C)(OC)OC. The molecule has 0 atom stereocenters. The Kier molecular flexibility index (Phi) is 9.34. The maximum absolute atomic E-state index is 8.06. The fraction of sp³-hybridized carbons (Fsp3) is 1.00. The van der Waals surface area contributed by atoms with E-state index >= 15 is 0 Å². The molecule has 0 aromatic rings. The number of aliphatic hydroxyl groups is 1. The molecule has 0 amide bonds. The fourth-order valence-corrected chi connectivity index (χ4v) is 0.750. The summed E-state index contributed by atoms with van der Waals surface area (Å²) in [5.74, 6) is 0. The largest absolute Gasteiger partial charge is 0.496 e. The molecule has 0 aliphatic carbocycles. The van der Waals surface area contributed by atoms with Crippen molar-refractivity contribution in [2.24, 2.45) is 0 Å². The zero-order valence-electron chi connectivity index (χ0n) is 8.75. The summed E-state index contributed by atoms with van der Waals surface area (Å²) in [6, 6.07) is 0. The van der Waals surface area contributed by atoms with Crippen LogP contribution in [0.15, 0.2) is 0 Å². The Hall–Kier alpha value is 0.0569. The highest BCUT2D eigenvalue weighted by molar-refractivity contribution is 6.58. The van der Waals surface area contributed by atoms with E-state index in [2.05, 4.69) is 0 Å². The van der Waals surface area contributed by atoms with E-state index in [-0.39, 0.29) is 6.10 Å². The molecule has 76 valence electrons. The molecular weight excluding hydrogens is 176 g/mol. The fourth-order valence-electron chi connectivity index (χ4n) is 0.250. The summed E-state index contributed by atoms with van der Waals surface area (Å²) >= 11 is 0. The van der Waals surface area contributed by atoms with Crippen LogP contribution in [0.5, 0.6) is 0 Å². The Balaban J connectivity index is 0. The van der Waals surface area contributed by atoms with Crippen molar-refractivity contribution in [3.05, 3.63) is 0 Å². The number of aliphatic hydroxyl groups excluding tert-OH is 1. The van der Waals surface area contributed by atoms with Gasteiger partial charge in [0.2, 0.25) is 0 Å². The molecule has 0 spiro atoms. The summed E-state index contributed by atoms with van der Waals surface area (Å²) in [6.45, 7) is 5.27. The van der Waals surface area contributed by atoms with Crippen molar-refractivity contribution < 1.29 is 18.4 Å². The van der Waals surface area contributed by atoms with Gasteiger partial charge in [-0.25, -0.2) is 0 Å². The Bertz CT molecular complexity index is 82.4. The van der Waals surface area contributed by atoms with E-state index < -0.39 is 8.80 Å². The van der Waals surface area contributed by atoms with E-state index in [1.54, 1.807) is 35.2 Å². The third-order valence-electron chi connectivity index (χ3n) is 1.11. The van der Waals surface area contributed by atoms with E-state index in [1.807, 2.05) is 6.55 Å². The Labute approximate surface area is 75.8 Å². The minimum absolute atomic E-state index is 0.167. The van der Waals surface area contributed by atoms with Gasteiger partial charge in [0.05, 0.1) is 0 Å². The van der Waals surface area contributed by atoms with Gasteiger partial charge in [-0.15, -0.1) is 0 Å². The highest BCUT2D eigenvalue weighted by Crippen LogP contribution is 2.02. The summed E-state index contributed by atoms with van der Waals surface area (Å²) in [4.78, 5) is 0. The van der Waals surface area contributed by atoms with Crippen molar-refractivity contribution in [3.8, 4) is 0 Å². The molecule has 1 N–H and O–H groups in total. The molecule has 0 bridgehead atoms. The predicted octanol–water partition coefficient (Wildman–Crippen LogP) is 0.881. The van der Waals surface area contributed by atoms with Crippen LogP contribution in [0.2, 0.25) is 6.55 Å². The van der Waals surface area contributed by atoms with Crippen molar-refractivity contribution >= 4 is 8.80 Å². The van der Waals surface area contributed by atoms with Gasteiger partial charge in [0.1, 0.15) is 0 Å². The molecule has 0 aliphatic heterocycles. The van der Waals surface area contributed by atoms with Crippen LogP contribution in [0.1, 0.15) is 13.8 Å². The van der Waals surface area contributed by atoms with Gasteiger partial charge in [-0.3, -0.25) is 0 Å². The zero-order valence-corrected chi connectivity index (χ0v) is 9.75. The van der Waals surface area contributed by atoms with Crippen molar-refractivity contribution in [1.82, 2.24) is 0 Å². The Morgan fingerprint density at radius 2 is 1.17 bits per heavy atom. The van der Waals surface area contributed by atoms with E-state index in [1.165, 1.54) is 0 Å². The molecule has 5 heteroatoms. The number of rotatable bonds is 3.